The van der Waals surface area contributed by atoms with E-state index in [1.54, 1.807) is 43.3 Å². The van der Waals surface area contributed by atoms with Crippen LogP contribution in [0.25, 0.3) is 0 Å². The van der Waals surface area contributed by atoms with Crippen LogP contribution in [0.15, 0.2) is 48.5 Å². The average molecular weight is 259 g/mol. The van der Waals surface area contributed by atoms with E-state index in [9.17, 15) is 15.2 Å². The zero-order valence-corrected chi connectivity index (χ0v) is 10.3. The normalized spacial score (nSPS) is 11.9. The molecular formula is C14H13NO4. The minimum Gasteiger partial charge on any atom is -0.457 e. The molecule has 2 rings (SSSR count). The fraction of sp³-hybridized carbons (Fsp3) is 0.143. The van der Waals surface area contributed by atoms with Gasteiger partial charge in [-0.05, 0) is 36.8 Å². The summed E-state index contributed by atoms with van der Waals surface area (Å²) in [5.74, 6) is 1.13. The quantitative estimate of drug-likeness (QED) is 0.674. The Bertz CT molecular complexity index is 561. The van der Waals surface area contributed by atoms with Crippen molar-refractivity contribution in [3.63, 3.8) is 0 Å². The first-order valence-corrected chi connectivity index (χ1v) is 5.76. The Morgan fingerprint density at radius 3 is 1.95 bits per heavy atom. The number of nitro benzene ring substituents is 1. The molecule has 0 aliphatic carbocycles. The summed E-state index contributed by atoms with van der Waals surface area (Å²) in [5.41, 5.74) is 0.827. The topological polar surface area (TPSA) is 72.6 Å². The second-order valence-corrected chi connectivity index (χ2v) is 4.10. The highest BCUT2D eigenvalue weighted by Gasteiger charge is 2.05. The molecule has 1 N–H and O–H groups in total. The van der Waals surface area contributed by atoms with Gasteiger partial charge in [0.2, 0.25) is 0 Å². The lowest BCUT2D eigenvalue weighted by Gasteiger charge is -2.08. The molecule has 0 aromatic heterocycles. The maximum Gasteiger partial charge on any atom is 0.269 e. The molecule has 98 valence electrons. The van der Waals surface area contributed by atoms with Gasteiger partial charge in [-0.3, -0.25) is 10.1 Å². The summed E-state index contributed by atoms with van der Waals surface area (Å²) in [7, 11) is 0. The van der Waals surface area contributed by atoms with E-state index in [2.05, 4.69) is 0 Å². The van der Waals surface area contributed by atoms with Gasteiger partial charge in [0.1, 0.15) is 11.5 Å². The maximum absolute atomic E-state index is 10.5. The van der Waals surface area contributed by atoms with Gasteiger partial charge in [0, 0.05) is 12.1 Å². The van der Waals surface area contributed by atoms with Gasteiger partial charge in [-0.2, -0.15) is 0 Å². The van der Waals surface area contributed by atoms with Crippen molar-refractivity contribution in [2.24, 2.45) is 0 Å². The Hall–Kier alpha value is -2.40. The summed E-state index contributed by atoms with van der Waals surface area (Å²) in [6, 6.07) is 12.9. The first-order valence-electron chi connectivity index (χ1n) is 5.76. The minimum atomic E-state index is -0.520. The van der Waals surface area contributed by atoms with Gasteiger partial charge in [-0.15, -0.1) is 0 Å². The molecule has 0 saturated heterocycles. The molecule has 0 bridgehead atoms. The Balaban J connectivity index is 2.10. The number of non-ortho nitro benzene ring substituents is 1. The van der Waals surface area contributed by atoms with Gasteiger partial charge in [0.15, 0.2) is 0 Å². The Morgan fingerprint density at radius 2 is 1.53 bits per heavy atom. The van der Waals surface area contributed by atoms with Gasteiger partial charge >= 0.3 is 0 Å². The van der Waals surface area contributed by atoms with Crippen LogP contribution in [0.4, 0.5) is 5.69 Å². The number of hydrogen-bond donors (Lipinski definition) is 1. The number of rotatable bonds is 4. The van der Waals surface area contributed by atoms with E-state index >= 15 is 0 Å². The van der Waals surface area contributed by atoms with E-state index < -0.39 is 11.0 Å². The lowest BCUT2D eigenvalue weighted by Crippen LogP contribution is -1.91. The van der Waals surface area contributed by atoms with Gasteiger partial charge < -0.3 is 9.84 Å². The van der Waals surface area contributed by atoms with Crippen LogP contribution in [-0.2, 0) is 0 Å². The first-order chi connectivity index (χ1) is 9.06. The molecule has 5 nitrogen and oxygen atoms in total. The summed E-state index contributed by atoms with van der Waals surface area (Å²) in [6.45, 7) is 1.69. The van der Waals surface area contributed by atoms with Gasteiger partial charge in [-0.25, -0.2) is 0 Å². The van der Waals surface area contributed by atoms with Crippen molar-refractivity contribution in [2.75, 3.05) is 0 Å². The summed E-state index contributed by atoms with van der Waals surface area (Å²) in [6.07, 6.45) is -0.520. The van der Waals surface area contributed by atoms with E-state index in [0.29, 0.717) is 11.5 Å². The van der Waals surface area contributed by atoms with Crippen LogP contribution in [0.5, 0.6) is 11.5 Å². The molecule has 0 aliphatic heterocycles. The van der Waals surface area contributed by atoms with Crippen LogP contribution >= 0.6 is 0 Å². The predicted octanol–water partition coefficient (Wildman–Crippen LogP) is 3.44. The van der Waals surface area contributed by atoms with E-state index in [1.807, 2.05) is 0 Å². The first kappa shape index (κ1) is 13.0. The van der Waals surface area contributed by atoms with E-state index in [4.69, 9.17) is 4.74 Å². The largest absolute Gasteiger partial charge is 0.457 e. The molecule has 0 amide bonds. The molecule has 1 atom stereocenters. The molecule has 0 unspecified atom stereocenters. The van der Waals surface area contributed by atoms with Crippen molar-refractivity contribution in [2.45, 2.75) is 13.0 Å². The van der Waals surface area contributed by atoms with Crippen LogP contribution in [0.1, 0.15) is 18.6 Å². The van der Waals surface area contributed by atoms with E-state index in [1.165, 1.54) is 12.1 Å². The minimum absolute atomic E-state index is 0.0248. The SMILES string of the molecule is C[C@@H](O)c1ccc(Oc2ccc([N+](=O)[O-])cc2)cc1. The maximum atomic E-state index is 10.5. The number of aliphatic hydroxyl groups is 1. The summed E-state index contributed by atoms with van der Waals surface area (Å²) in [4.78, 5) is 10.1. The van der Waals surface area contributed by atoms with E-state index in [-0.39, 0.29) is 5.69 Å². The van der Waals surface area contributed by atoms with Crippen LogP contribution in [0, 0.1) is 10.1 Å². The standard InChI is InChI=1S/C14H13NO4/c1-10(16)11-2-6-13(7-3-11)19-14-8-4-12(5-9-14)15(17)18/h2-10,16H,1H3/t10-/m1/s1. The molecule has 5 heteroatoms. The van der Waals surface area contributed by atoms with Crippen molar-refractivity contribution in [3.8, 4) is 11.5 Å². The number of aliphatic hydroxyl groups excluding tert-OH is 1. The van der Waals surface area contributed by atoms with Gasteiger partial charge in [-0.1, -0.05) is 12.1 Å². The molecule has 2 aromatic rings. The zero-order chi connectivity index (χ0) is 13.8. The third-order valence-electron chi connectivity index (χ3n) is 2.65. The van der Waals surface area contributed by atoms with Gasteiger partial charge in [0.25, 0.3) is 5.69 Å². The summed E-state index contributed by atoms with van der Waals surface area (Å²) < 4.78 is 5.54. The average Bonchev–Trinajstić information content (AvgIpc) is 2.40. The number of nitrogens with zero attached hydrogens (tertiary/aromatic N) is 1. The third-order valence-corrected chi connectivity index (χ3v) is 2.65. The number of nitro groups is 1. The van der Waals surface area contributed by atoms with Gasteiger partial charge in [0.05, 0.1) is 11.0 Å². The number of ether oxygens (including phenoxy) is 1. The summed E-state index contributed by atoms with van der Waals surface area (Å²) in [5, 5.41) is 19.9. The van der Waals surface area contributed by atoms with Crippen molar-refractivity contribution in [1.82, 2.24) is 0 Å². The van der Waals surface area contributed by atoms with Crippen molar-refractivity contribution < 1.29 is 14.8 Å². The number of hydrogen-bond acceptors (Lipinski definition) is 4. The van der Waals surface area contributed by atoms with Crippen LogP contribution < -0.4 is 4.74 Å². The smallest absolute Gasteiger partial charge is 0.269 e. The molecule has 0 radical (unpaired) electrons. The molecule has 0 heterocycles. The predicted molar refractivity (Wildman–Crippen MR) is 70.2 cm³/mol. The van der Waals surface area contributed by atoms with Crippen molar-refractivity contribution >= 4 is 5.69 Å². The highest BCUT2D eigenvalue weighted by Crippen LogP contribution is 2.25. The molecule has 19 heavy (non-hydrogen) atoms. The lowest BCUT2D eigenvalue weighted by atomic mass is 10.1. The molecule has 0 spiro atoms. The summed E-state index contributed by atoms with van der Waals surface area (Å²) >= 11 is 0. The lowest BCUT2D eigenvalue weighted by molar-refractivity contribution is -0.384. The fourth-order valence-electron chi connectivity index (χ4n) is 1.59. The molecule has 0 aliphatic rings. The molecular weight excluding hydrogens is 246 g/mol. The molecule has 0 fully saturated rings. The van der Waals surface area contributed by atoms with Crippen LogP contribution in [0.3, 0.4) is 0 Å². The molecule has 2 aromatic carbocycles. The Morgan fingerprint density at radius 1 is 1.05 bits per heavy atom. The zero-order valence-electron chi connectivity index (χ0n) is 10.3. The van der Waals surface area contributed by atoms with Crippen LogP contribution in [-0.4, -0.2) is 10.0 Å². The Kier molecular flexibility index (Phi) is 3.77. The fourth-order valence-corrected chi connectivity index (χ4v) is 1.59. The Labute approximate surface area is 110 Å². The second kappa shape index (κ2) is 5.49. The molecule has 0 saturated carbocycles. The highest BCUT2D eigenvalue weighted by molar-refractivity contribution is 5.39. The monoisotopic (exact) mass is 259 g/mol. The number of benzene rings is 2. The third kappa shape index (κ3) is 3.29. The van der Waals surface area contributed by atoms with Crippen molar-refractivity contribution in [3.05, 3.63) is 64.2 Å². The van der Waals surface area contributed by atoms with Crippen LogP contribution in [0.2, 0.25) is 0 Å². The second-order valence-electron chi connectivity index (χ2n) is 4.10. The highest BCUT2D eigenvalue weighted by atomic mass is 16.6. The van der Waals surface area contributed by atoms with E-state index in [0.717, 1.165) is 5.56 Å². The van der Waals surface area contributed by atoms with Crippen molar-refractivity contribution in [1.29, 1.82) is 0 Å².